The van der Waals surface area contributed by atoms with E-state index in [1.165, 1.54) is 4.90 Å². The molecule has 1 saturated carbocycles. The molecule has 1 N–H and O–H groups in total. The molecule has 0 aromatic rings. The highest BCUT2D eigenvalue weighted by molar-refractivity contribution is 7.90. The molecule has 2 amide bonds. The van der Waals surface area contributed by atoms with Crippen molar-refractivity contribution in [2.45, 2.75) is 18.9 Å². The van der Waals surface area contributed by atoms with Crippen molar-refractivity contribution in [3.05, 3.63) is 0 Å². The molecule has 96 valence electrons. The molecule has 0 radical (unpaired) electrons. The molecule has 0 bridgehead atoms. The third-order valence-corrected chi connectivity index (χ3v) is 3.98. The first kappa shape index (κ1) is 12.3. The summed E-state index contributed by atoms with van der Waals surface area (Å²) < 4.78 is 22.1. The number of carbonyl (C=O) groups is 2. The van der Waals surface area contributed by atoms with Crippen molar-refractivity contribution in [3.8, 4) is 0 Å². The van der Waals surface area contributed by atoms with E-state index >= 15 is 0 Å². The third kappa shape index (κ3) is 3.18. The van der Waals surface area contributed by atoms with Gasteiger partial charge in [0, 0.05) is 12.8 Å². The summed E-state index contributed by atoms with van der Waals surface area (Å²) in [5.74, 6) is -0.193. The van der Waals surface area contributed by atoms with Crippen LogP contribution in [0.3, 0.4) is 0 Å². The quantitative estimate of drug-likeness (QED) is 0.686. The highest BCUT2D eigenvalue weighted by Crippen LogP contribution is 2.34. The second-order valence-electron chi connectivity index (χ2n) is 4.77. The molecule has 0 spiro atoms. The molecule has 2 fully saturated rings. The summed E-state index contributed by atoms with van der Waals surface area (Å²) >= 11 is 0. The van der Waals surface area contributed by atoms with Gasteiger partial charge in [-0.05, 0) is 18.8 Å². The minimum Gasteiger partial charge on any atom is -0.342 e. The van der Waals surface area contributed by atoms with Gasteiger partial charge in [0.05, 0.1) is 12.3 Å². The van der Waals surface area contributed by atoms with Gasteiger partial charge in [-0.3, -0.25) is 9.59 Å². The highest BCUT2D eigenvalue weighted by atomic mass is 32.2. The molecule has 6 nitrogen and oxygen atoms in total. The Balaban J connectivity index is 2.00. The number of nitrogens with one attached hydrogen (secondary N) is 1. The number of hydrogen-bond donors (Lipinski definition) is 1. The first-order valence-electron chi connectivity index (χ1n) is 5.63. The molecular weight excluding hydrogens is 244 g/mol. The number of hydrogen-bond acceptors (Lipinski definition) is 4. The van der Waals surface area contributed by atoms with Gasteiger partial charge >= 0.3 is 0 Å². The van der Waals surface area contributed by atoms with Crippen molar-refractivity contribution in [3.63, 3.8) is 0 Å². The summed E-state index contributed by atoms with van der Waals surface area (Å²) in [7, 11) is -3.11. The fourth-order valence-electron chi connectivity index (χ4n) is 1.94. The molecule has 7 heteroatoms. The molecule has 2 rings (SSSR count). The van der Waals surface area contributed by atoms with Crippen LogP contribution in [0, 0.1) is 5.92 Å². The maximum Gasteiger partial charge on any atom is 0.245 e. The van der Waals surface area contributed by atoms with E-state index in [0.29, 0.717) is 0 Å². The van der Waals surface area contributed by atoms with Crippen molar-refractivity contribution in [2.24, 2.45) is 5.92 Å². The summed E-state index contributed by atoms with van der Waals surface area (Å²) in [6.45, 7) is 0.0753. The monoisotopic (exact) mass is 260 g/mol. The molecule has 1 saturated heterocycles. The van der Waals surface area contributed by atoms with E-state index in [9.17, 15) is 18.0 Å². The number of rotatable bonds is 4. The van der Waals surface area contributed by atoms with E-state index in [0.717, 1.165) is 19.1 Å². The topological polar surface area (TPSA) is 83.6 Å². The smallest absolute Gasteiger partial charge is 0.245 e. The van der Waals surface area contributed by atoms with Crippen LogP contribution in [0.4, 0.5) is 0 Å². The van der Waals surface area contributed by atoms with Crippen LogP contribution < -0.4 is 5.32 Å². The molecule has 1 aliphatic carbocycles. The van der Waals surface area contributed by atoms with Crippen molar-refractivity contribution in [1.82, 2.24) is 10.2 Å². The summed E-state index contributed by atoms with van der Waals surface area (Å²) in [4.78, 5) is 24.8. The van der Waals surface area contributed by atoms with E-state index < -0.39 is 15.9 Å². The van der Waals surface area contributed by atoms with Gasteiger partial charge in [-0.25, -0.2) is 8.42 Å². The zero-order chi connectivity index (χ0) is 12.6. The fourth-order valence-corrected chi connectivity index (χ4v) is 2.50. The Kier molecular flexibility index (Phi) is 3.11. The molecule has 2 aliphatic rings. The fraction of sp³-hybridized carbons (Fsp3) is 0.800. The minimum absolute atomic E-state index is 0.0302. The first-order chi connectivity index (χ1) is 7.87. The highest BCUT2D eigenvalue weighted by Gasteiger charge is 2.42. The van der Waals surface area contributed by atoms with E-state index in [-0.39, 0.29) is 36.6 Å². The van der Waals surface area contributed by atoms with Gasteiger partial charge in [0.1, 0.15) is 15.9 Å². The van der Waals surface area contributed by atoms with Gasteiger partial charge in [0.25, 0.3) is 0 Å². The van der Waals surface area contributed by atoms with Crippen LogP contribution in [0.2, 0.25) is 0 Å². The summed E-state index contributed by atoms with van der Waals surface area (Å²) in [5.41, 5.74) is 0. The van der Waals surface area contributed by atoms with Gasteiger partial charge in [0.15, 0.2) is 0 Å². The lowest BCUT2D eigenvalue weighted by Gasteiger charge is -2.32. The van der Waals surface area contributed by atoms with Crippen molar-refractivity contribution >= 4 is 21.7 Å². The normalized spacial score (nSPS) is 25.9. The van der Waals surface area contributed by atoms with Gasteiger partial charge in [-0.1, -0.05) is 0 Å². The lowest BCUT2D eigenvalue weighted by Crippen LogP contribution is -2.59. The Bertz CT molecular complexity index is 441. The number of sulfone groups is 1. The Labute approximate surface area is 100 Å². The van der Waals surface area contributed by atoms with Crippen LogP contribution in [0.5, 0.6) is 0 Å². The second kappa shape index (κ2) is 4.29. The average molecular weight is 260 g/mol. The van der Waals surface area contributed by atoms with Crippen LogP contribution >= 0.6 is 0 Å². The van der Waals surface area contributed by atoms with Gasteiger partial charge in [-0.2, -0.15) is 0 Å². The lowest BCUT2D eigenvalue weighted by molar-refractivity contribution is -0.144. The zero-order valence-electron chi connectivity index (χ0n) is 9.68. The molecule has 1 atom stereocenters. The van der Waals surface area contributed by atoms with Crippen LogP contribution in [0.25, 0.3) is 0 Å². The Hall–Kier alpha value is -1.11. The Morgan fingerprint density at radius 2 is 2.00 bits per heavy atom. The number of carbonyl (C=O) groups excluding carboxylic acids is 2. The summed E-state index contributed by atoms with van der Waals surface area (Å²) in [6, 6.07) is -0.434. The maximum absolute atomic E-state index is 12.0. The number of piperazine rings is 1. The van der Waals surface area contributed by atoms with E-state index in [1.807, 2.05) is 0 Å². The van der Waals surface area contributed by atoms with Crippen molar-refractivity contribution in [1.29, 1.82) is 0 Å². The molecule has 0 aromatic carbocycles. The predicted octanol–water partition coefficient (Wildman–Crippen LogP) is -1.23. The van der Waals surface area contributed by atoms with E-state index in [2.05, 4.69) is 5.32 Å². The lowest BCUT2D eigenvalue weighted by atomic mass is 10.1. The average Bonchev–Trinajstić information content (AvgIpc) is 3.01. The molecular formula is C10H16N2O4S. The summed E-state index contributed by atoms with van der Waals surface area (Å²) in [5, 5.41) is 2.68. The first-order valence-corrected chi connectivity index (χ1v) is 7.69. The predicted molar refractivity (Wildman–Crippen MR) is 60.9 cm³/mol. The molecule has 0 aromatic heterocycles. The largest absolute Gasteiger partial charge is 0.342 e. The summed E-state index contributed by atoms with van der Waals surface area (Å²) in [6.07, 6.45) is 3.03. The van der Waals surface area contributed by atoms with Gasteiger partial charge in [-0.15, -0.1) is 0 Å². The molecule has 1 aliphatic heterocycles. The SMILES string of the molecule is CS(=O)(=O)CCN1CC(=O)NC(C2CC2)C1=O. The Morgan fingerprint density at radius 1 is 1.35 bits per heavy atom. The van der Waals surface area contributed by atoms with Crippen LogP contribution in [0.15, 0.2) is 0 Å². The van der Waals surface area contributed by atoms with Crippen LogP contribution in [-0.4, -0.2) is 56.3 Å². The second-order valence-corrected chi connectivity index (χ2v) is 7.03. The van der Waals surface area contributed by atoms with Crippen LogP contribution in [0.1, 0.15) is 12.8 Å². The third-order valence-electron chi connectivity index (χ3n) is 3.05. The van der Waals surface area contributed by atoms with Crippen molar-refractivity contribution < 1.29 is 18.0 Å². The minimum atomic E-state index is -3.11. The number of nitrogens with zero attached hydrogens (tertiary/aromatic N) is 1. The molecule has 1 heterocycles. The van der Waals surface area contributed by atoms with Gasteiger partial charge < -0.3 is 10.2 Å². The number of amides is 2. The van der Waals surface area contributed by atoms with Crippen molar-refractivity contribution in [2.75, 3.05) is 25.1 Å². The maximum atomic E-state index is 12.0. The molecule has 1 unspecified atom stereocenters. The van der Waals surface area contributed by atoms with Gasteiger partial charge in [0.2, 0.25) is 11.8 Å². The van der Waals surface area contributed by atoms with E-state index in [1.54, 1.807) is 0 Å². The molecule has 17 heavy (non-hydrogen) atoms. The van der Waals surface area contributed by atoms with E-state index in [4.69, 9.17) is 0 Å². The standard InChI is InChI=1S/C10H16N2O4S/c1-17(15,16)5-4-12-6-8(13)11-9(10(12)14)7-2-3-7/h7,9H,2-6H2,1H3,(H,11,13). The zero-order valence-corrected chi connectivity index (χ0v) is 10.5. The Morgan fingerprint density at radius 3 is 2.53 bits per heavy atom. The van der Waals surface area contributed by atoms with Crippen LogP contribution in [-0.2, 0) is 19.4 Å².